The van der Waals surface area contributed by atoms with Gasteiger partial charge in [-0.2, -0.15) is 0 Å². The van der Waals surface area contributed by atoms with Gasteiger partial charge < -0.3 is 14.8 Å². The summed E-state index contributed by atoms with van der Waals surface area (Å²) in [5.74, 6) is 1.60. The molecular formula is C14H19NO2. The highest BCUT2D eigenvalue weighted by atomic mass is 16.5. The number of hydrogen-bond donors (Lipinski definition) is 1. The Morgan fingerprint density at radius 1 is 1.47 bits per heavy atom. The number of methoxy groups -OCH3 is 1. The molecule has 0 spiro atoms. The van der Waals surface area contributed by atoms with E-state index in [1.165, 1.54) is 12.8 Å². The molecule has 2 rings (SSSR count). The van der Waals surface area contributed by atoms with Gasteiger partial charge >= 0.3 is 0 Å². The molecule has 0 atom stereocenters. The Kier molecular flexibility index (Phi) is 4.04. The fourth-order valence-corrected chi connectivity index (χ4v) is 1.71. The molecule has 0 unspecified atom stereocenters. The van der Waals surface area contributed by atoms with E-state index >= 15 is 0 Å². The number of hydrogen-bond acceptors (Lipinski definition) is 3. The molecule has 3 heteroatoms. The summed E-state index contributed by atoms with van der Waals surface area (Å²) in [6.45, 7) is 4.99. The van der Waals surface area contributed by atoms with E-state index in [4.69, 9.17) is 9.47 Å². The second kappa shape index (κ2) is 5.73. The lowest BCUT2D eigenvalue weighted by Gasteiger charge is -2.14. The summed E-state index contributed by atoms with van der Waals surface area (Å²) in [6.07, 6.45) is 4.31. The summed E-state index contributed by atoms with van der Waals surface area (Å²) in [6, 6.07) is 6.66. The van der Waals surface area contributed by atoms with Gasteiger partial charge in [-0.15, -0.1) is 0 Å². The minimum Gasteiger partial charge on any atom is -0.493 e. The van der Waals surface area contributed by atoms with Gasteiger partial charge in [0.15, 0.2) is 11.5 Å². The molecule has 0 heterocycles. The van der Waals surface area contributed by atoms with E-state index in [2.05, 4.69) is 18.0 Å². The molecule has 0 amide bonds. The average molecular weight is 233 g/mol. The lowest BCUT2D eigenvalue weighted by Crippen LogP contribution is -2.16. The molecule has 1 aromatic carbocycles. The third-order valence-corrected chi connectivity index (χ3v) is 2.78. The molecule has 1 fully saturated rings. The van der Waals surface area contributed by atoms with Gasteiger partial charge in [0.1, 0.15) is 6.61 Å². The van der Waals surface area contributed by atoms with Crippen molar-refractivity contribution in [1.29, 1.82) is 0 Å². The van der Waals surface area contributed by atoms with E-state index < -0.39 is 0 Å². The van der Waals surface area contributed by atoms with Gasteiger partial charge in [0, 0.05) is 18.2 Å². The van der Waals surface area contributed by atoms with Crippen LogP contribution in [0.2, 0.25) is 0 Å². The van der Waals surface area contributed by atoms with E-state index in [1.807, 2.05) is 12.1 Å². The van der Waals surface area contributed by atoms with Crippen molar-refractivity contribution in [2.24, 2.45) is 0 Å². The molecule has 1 N–H and O–H groups in total. The van der Waals surface area contributed by atoms with Crippen LogP contribution in [0.3, 0.4) is 0 Å². The molecule has 3 nitrogen and oxygen atoms in total. The second-order valence-electron chi connectivity index (χ2n) is 4.20. The number of para-hydroxylation sites is 1. The van der Waals surface area contributed by atoms with Crippen LogP contribution in [0.1, 0.15) is 18.4 Å². The van der Waals surface area contributed by atoms with Gasteiger partial charge in [0.2, 0.25) is 0 Å². The van der Waals surface area contributed by atoms with Crippen LogP contribution in [0.25, 0.3) is 0 Å². The van der Waals surface area contributed by atoms with Crippen LogP contribution in [0.5, 0.6) is 11.5 Å². The number of rotatable bonds is 7. The molecule has 92 valence electrons. The van der Waals surface area contributed by atoms with Crippen molar-refractivity contribution in [3.8, 4) is 11.5 Å². The van der Waals surface area contributed by atoms with Gasteiger partial charge in [-0.1, -0.05) is 24.8 Å². The average Bonchev–Trinajstić information content (AvgIpc) is 3.18. The van der Waals surface area contributed by atoms with E-state index in [0.29, 0.717) is 12.6 Å². The summed E-state index contributed by atoms with van der Waals surface area (Å²) in [5, 5.41) is 3.48. The first-order valence-corrected chi connectivity index (χ1v) is 5.98. The predicted octanol–water partition coefficient (Wildman–Crippen LogP) is 2.51. The van der Waals surface area contributed by atoms with Crippen molar-refractivity contribution >= 4 is 0 Å². The van der Waals surface area contributed by atoms with Gasteiger partial charge in [-0.3, -0.25) is 0 Å². The van der Waals surface area contributed by atoms with Crippen LogP contribution in [-0.4, -0.2) is 19.8 Å². The fourth-order valence-electron chi connectivity index (χ4n) is 1.71. The zero-order valence-electron chi connectivity index (χ0n) is 10.2. The van der Waals surface area contributed by atoms with Crippen LogP contribution >= 0.6 is 0 Å². The molecule has 1 aromatic rings. The fraction of sp³-hybridized carbons (Fsp3) is 0.429. The highest BCUT2D eigenvalue weighted by molar-refractivity contribution is 5.46. The molecule has 1 saturated carbocycles. The third kappa shape index (κ3) is 3.24. The second-order valence-corrected chi connectivity index (χ2v) is 4.20. The highest BCUT2D eigenvalue weighted by Crippen LogP contribution is 2.31. The first-order valence-electron chi connectivity index (χ1n) is 5.98. The predicted molar refractivity (Wildman–Crippen MR) is 68.5 cm³/mol. The summed E-state index contributed by atoms with van der Waals surface area (Å²) < 4.78 is 11.0. The van der Waals surface area contributed by atoms with Crippen molar-refractivity contribution in [3.05, 3.63) is 36.4 Å². The maximum absolute atomic E-state index is 5.68. The van der Waals surface area contributed by atoms with E-state index in [-0.39, 0.29) is 0 Å². The highest BCUT2D eigenvalue weighted by Gasteiger charge is 2.21. The van der Waals surface area contributed by atoms with Crippen LogP contribution in [0, 0.1) is 0 Å². The molecule has 1 aliphatic rings. The Labute approximate surface area is 102 Å². The molecule has 0 aromatic heterocycles. The van der Waals surface area contributed by atoms with E-state index in [9.17, 15) is 0 Å². The maximum Gasteiger partial charge on any atom is 0.166 e. The Morgan fingerprint density at radius 2 is 2.29 bits per heavy atom. The zero-order chi connectivity index (χ0) is 12.1. The lowest BCUT2D eigenvalue weighted by atomic mass is 10.2. The van der Waals surface area contributed by atoms with Gasteiger partial charge in [0.05, 0.1) is 7.11 Å². The van der Waals surface area contributed by atoms with Crippen molar-refractivity contribution in [2.45, 2.75) is 25.4 Å². The van der Waals surface area contributed by atoms with Gasteiger partial charge in [-0.05, 0) is 18.9 Å². The van der Waals surface area contributed by atoms with Crippen molar-refractivity contribution in [3.63, 3.8) is 0 Å². The summed E-state index contributed by atoms with van der Waals surface area (Å²) in [4.78, 5) is 0. The Bertz CT molecular complexity index is 386. The lowest BCUT2D eigenvalue weighted by molar-refractivity contribution is 0.322. The third-order valence-electron chi connectivity index (χ3n) is 2.78. The molecule has 1 aliphatic carbocycles. The smallest absolute Gasteiger partial charge is 0.166 e. The summed E-state index contributed by atoms with van der Waals surface area (Å²) in [7, 11) is 1.66. The summed E-state index contributed by atoms with van der Waals surface area (Å²) in [5.41, 5.74) is 1.14. The Morgan fingerprint density at radius 3 is 2.94 bits per heavy atom. The number of nitrogens with one attached hydrogen (secondary N) is 1. The van der Waals surface area contributed by atoms with Crippen LogP contribution < -0.4 is 14.8 Å². The van der Waals surface area contributed by atoms with Crippen molar-refractivity contribution in [2.75, 3.05) is 13.7 Å². The quantitative estimate of drug-likeness (QED) is 0.734. The molecule has 0 aliphatic heterocycles. The molecular weight excluding hydrogens is 214 g/mol. The monoisotopic (exact) mass is 233 g/mol. The van der Waals surface area contributed by atoms with Crippen LogP contribution in [0.15, 0.2) is 30.9 Å². The van der Waals surface area contributed by atoms with E-state index in [0.717, 1.165) is 23.6 Å². The minimum absolute atomic E-state index is 0.497. The van der Waals surface area contributed by atoms with Crippen molar-refractivity contribution < 1.29 is 9.47 Å². The normalized spacial score (nSPS) is 14.4. The molecule has 0 radical (unpaired) electrons. The first kappa shape index (κ1) is 12.0. The largest absolute Gasteiger partial charge is 0.493 e. The van der Waals surface area contributed by atoms with Crippen LogP contribution in [0.4, 0.5) is 0 Å². The minimum atomic E-state index is 0.497. The summed E-state index contributed by atoms with van der Waals surface area (Å²) >= 11 is 0. The Balaban J connectivity index is 2.11. The molecule has 0 bridgehead atoms. The topological polar surface area (TPSA) is 30.5 Å². The molecule has 17 heavy (non-hydrogen) atoms. The van der Waals surface area contributed by atoms with Gasteiger partial charge in [0.25, 0.3) is 0 Å². The number of benzene rings is 1. The number of ether oxygens (including phenoxy) is 2. The van der Waals surface area contributed by atoms with E-state index in [1.54, 1.807) is 13.2 Å². The van der Waals surface area contributed by atoms with Gasteiger partial charge in [-0.25, -0.2) is 0 Å². The maximum atomic E-state index is 5.68. The first-order chi connectivity index (χ1) is 8.35. The standard InChI is InChI=1S/C14H19NO2/c1-3-9-17-14-11(10-15-12-7-8-12)5-4-6-13(14)16-2/h3-6,12,15H,1,7-10H2,2H3. The van der Waals surface area contributed by atoms with Crippen molar-refractivity contribution in [1.82, 2.24) is 5.32 Å². The molecule has 0 saturated heterocycles. The SMILES string of the molecule is C=CCOc1c(CNC2CC2)cccc1OC. The van der Waals surface area contributed by atoms with Crippen LogP contribution in [-0.2, 0) is 6.54 Å². The zero-order valence-corrected chi connectivity index (χ0v) is 10.2. The Hall–Kier alpha value is -1.48.